The fourth-order valence-corrected chi connectivity index (χ4v) is 3.82. The van der Waals surface area contributed by atoms with Crippen molar-refractivity contribution in [3.63, 3.8) is 0 Å². The van der Waals surface area contributed by atoms with Crippen molar-refractivity contribution in [3.05, 3.63) is 12.2 Å². The average Bonchev–Trinajstić information content (AvgIpc) is 3.05. The van der Waals surface area contributed by atoms with E-state index in [2.05, 4.69) is 22.0 Å². The molecule has 0 aromatic carbocycles. The van der Waals surface area contributed by atoms with E-state index in [1.54, 1.807) is 6.33 Å². The highest BCUT2D eigenvalue weighted by atomic mass is 16.5. The van der Waals surface area contributed by atoms with Gasteiger partial charge >= 0.3 is 0 Å². The van der Waals surface area contributed by atoms with Crippen molar-refractivity contribution < 1.29 is 9.53 Å². The van der Waals surface area contributed by atoms with Crippen molar-refractivity contribution in [3.8, 4) is 0 Å². The van der Waals surface area contributed by atoms with Gasteiger partial charge in [-0.25, -0.2) is 0 Å². The second-order valence-corrected chi connectivity index (χ2v) is 6.97. The molecular weight excluding hydrogens is 306 g/mol. The summed E-state index contributed by atoms with van der Waals surface area (Å²) in [4.78, 5) is 17.0. The van der Waals surface area contributed by atoms with Gasteiger partial charge in [-0.15, -0.1) is 10.2 Å². The van der Waals surface area contributed by atoms with Gasteiger partial charge < -0.3 is 14.2 Å². The molecule has 2 fully saturated rings. The normalized spacial score (nSPS) is 21.8. The predicted octanol–water partition coefficient (Wildman–Crippen LogP) is 0.707. The first-order valence-corrected chi connectivity index (χ1v) is 9.07. The van der Waals surface area contributed by atoms with Crippen molar-refractivity contribution in [2.24, 2.45) is 13.0 Å². The molecule has 1 aromatic rings. The number of morpholine rings is 1. The van der Waals surface area contributed by atoms with E-state index >= 15 is 0 Å². The number of aromatic nitrogens is 3. The zero-order valence-electron chi connectivity index (χ0n) is 14.9. The van der Waals surface area contributed by atoms with Gasteiger partial charge in [0, 0.05) is 52.1 Å². The third-order valence-electron chi connectivity index (χ3n) is 5.56. The molecule has 3 rings (SSSR count). The molecule has 0 bridgehead atoms. The Hall–Kier alpha value is -1.47. The molecule has 0 spiro atoms. The molecule has 2 aliphatic heterocycles. The molecule has 2 aliphatic rings. The van der Waals surface area contributed by atoms with Crippen LogP contribution in [0.15, 0.2) is 6.33 Å². The molecule has 1 aromatic heterocycles. The summed E-state index contributed by atoms with van der Waals surface area (Å²) in [6.45, 7) is 7.89. The Morgan fingerprint density at radius 2 is 2.00 bits per heavy atom. The number of carbonyl (C=O) groups is 1. The Balaban J connectivity index is 1.42. The number of rotatable bonds is 5. The summed E-state index contributed by atoms with van der Waals surface area (Å²) >= 11 is 0. The molecule has 0 saturated carbocycles. The molecule has 7 nitrogen and oxygen atoms in total. The summed E-state index contributed by atoms with van der Waals surface area (Å²) in [5, 5.41) is 7.91. The van der Waals surface area contributed by atoms with E-state index in [9.17, 15) is 4.79 Å². The summed E-state index contributed by atoms with van der Waals surface area (Å²) in [5.74, 6) is 1.81. The van der Waals surface area contributed by atoms with Crippen molar-refractivity contribution >= 4 is 5.91 Å². The maximum atomic E-state index is 12.4. The number of likely N-dealkylation sites (tertiary alicyclic amines) is 1. The van der Waals surface area contributed by atoms with E-state index in [0.717, 1.165) is 58.1 Å². The number of aryl methyl sites for hydroxylation is 2. The molecule has 1 atom stereocenters. The monoisotopic (exact) mass is 335 g/mol. The van der Waals surface area contributed by atoms with Gasteiger partial charge in [-0.3, -0.25) is 9.69 Å². The van der Waals surface area contributed by atoms with Crippen LogP contribution in [0.4, 0.5) is 0 Å². The minimum atomic E-state index is 0.246. The molecule has 1 amide bonds. The SMILES string of the molecule is CC(C1CCN(C(=O)CCc2nncn2C)CC1)N1CCOCC1. The minimum Gasteiger partial charge on any atom is -0.379 e. The molecule has 2 saturated heterocycles. The number of carbonyl (C=O) groups excluding carboxylic acids is 1. The number of amides is 1. The van der Waals surface area contributed by atoms with Crippen LogP contribution in [-0.2, 0) is 23.0 Å². The fraction of sp³-hybridized carbons (Fsp3) is 0.824. The summed E-state index contributed by atoms with van der Waals surface area (Å²) in [7, 11) is 1.92. The zero-order valence-corrected chi connectivity index (χ0v) is 14.9. The van der Waals surface area contributed by atoms with Gasteiger partial charge in [-0.05, 0) is 25.7 Å². The second-order valence-electron chi connectivity index (χ2n) is 6.97. The highest BCUT2D eigenvalue weighted by molar-refractivity contribution is 5.76. The number of hydrogen-bond acceptors (Lipinski definition) is 5. The van der Waals surface area contributed by atoms with Crippen LogP contribution in [0, 0.1) is 5.92 Å². The van der Waals surface area contributed by atoms with Gasteiger partial charge in [0.15, 0.2) is 0 Å². The van der Waals surface area contributed by atoms with Crippen LogP contribution in [0.3, 0.4) is 0 Å². The second kappa shape index (κ2) is 8.07. The fourth-order valence-electron chi connectivity index (χ4n) is 3.82. The predicted molar refractivity (Wildman–Crippen MR) is 90.5 cm³/mol. The van der Waals surface area contributed by atoms with E-state index in [1.807, 2.05) is 16.5 Å². The van der Waals surface area contributed by atoms with Crippen LogP contribution in [0.5, 0.6) is 0 Å². The van der Waals surface area contributed by atoms with Crippen molar-refractivity contribution in [2.75, 3.05) is 39.4 Å². The maximum Gasteiger partial charge on any atom is 0.223 e. The molecule has 0 aliphatic carbocycles. The van der Waals surface area contributed by atoms with E-state index < -0.39 is 0 Å². The Kier molecular flexibility index (Phi) is 5.84. The van der Waals surface area contributed by atoms with Gasteiger partial charge in [-0.1, -0.05) is 0 Å². The summed E-state index contributed by atoms with van der Waals surface area (Å²) in [5.41, 5.74) is 0. The highest BCUT2D eigenvalue weighted by Crippen LogP contribution is 2.25. The van der Waals surface area contributed by atoms with E-state index in [1.165, 1.54) is 0 Å². The lowest BCUT2D eigenvalue weighted by Crippen LogP contribution is -2.49. The van der Waals surface area contributed by atoms with E-state index in [4.69, 9.17) is 4.74 Å². The summed E-state index contributed by atoms with van der Waals surface area (Å²) < 4.78 is 7.32. The third kappa shape index (κ3) is 4.13. The van der Waals surface area contributed by atoms with E-state index in [-0.39, 0.29) is 5.91 Å². The standard InChI is InChI=1S/C17H29N5O2/c1-14(21-9-11-24-12-10-21)15-5-7-22(8-6-15)17(23)4-3-16-19-18-13-20(16)2/h13-15H,3-12H2,1-2H3. The third-order valence-corrected chi connectivity index (χ3v) is 5.56. The Bertz CT molecular complexity index is 533. The topological polar surface area (TPSA) is 63.5 Å². The quantitative estimate of drug-likeness (QED) is 0.793. The summed E-state index contributed by atoms with van der Waals surface area (Å²) in [6, 6.07) is 0.588. The van der Waals surface area contributed by atoms with Crippen molar-refractivity contribution in [1.82, 2.24) is 24.6 Å². The maximum absolute atomic E-state index is 12.4. The molecular formula is C17H29N5O2. The first-order chi connectivity index (χ1) is 11.6. The minimum absolute atomic E-state index is 0.246. The molecule has 0 radical (unpaired) electrons. The molecule has 134 valence electrons. The average molecular weight is 335 g/mol. The lowest BCUT2D eigenvalue weighted by atomic mass is 9.89. The Morgan fingerprint density at radius 3 is 2.62 bits per heavy atom. The van der Waals surface area contributed by atoms with Crippen LogP contribution in [-0.4, -0.2) is 75.9 Å². The van der Waals surface area contributed by atoms with Gasteiger partial charge in [0.05, 0.1) is 13.2 Å². The largest absolute Gasteiger partial charge is 0.379 e. The molecule has 7 heteroatoms. The smallest absolute Gasteiger partial charge is 0.223 e. The number of ether oxygens (including phenoxy) is 1. The molecule has 1 unspecified atom stereocenters. The zero-order chi connectivity index (χ0) is 16.9. The number of piperidine rings is 1. The van der Waals surface area contributed by atoms with Crippen LogP contribution in [0.1, 0.15) is 32.0 Å². The molecule has 0 N–H and O–H groups in total. The van der Waals surface area contributed by atoms with Crippen molar-refractivity contribution in [1.29, 1.82) is 0 Å². The number of hydrogen-bond donors (Lipinski definition) is 0. The van der Waals surface area contributed by atoms with Gasteiger partial charge in [-0.2, -0.15) is 0 Å². The highest BCUT2D eigenvalue weighted by Gasteiger charge is 2.29. The van der Waals surface area contributed by atoms with Crippen LogP contribution in [0.25, 0.3) is 0 Å². The first-order valence-electron chi connectivity index (χ1n) is 9.07. The van der Waals surface area contributed by atoms with E-state index in [0.29, 0.717) is 24.8 Å². The van der Waals surface area contributed by atoms with Crippen molar-refractivity contribution in [2.45, 2.75) is 38.6 Å². The lowest BCUT2D eigenvalue weighted by molar-refractivity contribution is -0.133. The van der Waals surface area contributed by atoms with Crippen LogP contribution in [0.2, 0.25) is 0 Å². The summed E-state index contributed by atoms with van der Waals surface area (Å²) in [6.07, 6.45) is 5.08. The Labute approximate surface area is 144 Å². The molecule has 3 heterocycles. The van der Waals surface area contributed by atoms with Gasteiger partial charge in [0.1, 0.15) is 12.2 Å². The van der Waals surface area contributed by atoms with Crippen LogP contribution < -0.4 is 0 Å². The van der Waals surface area contributed by atoms with Gasteiger partial charge in [0.2, 0.25) is 5.91 Å². The lowest BCUT2D eigenvalue weighted by Gasteiger charge is -2.41. The first kappa shape index (κ1) is 17.4. The van der Waals surface area contributed by atoms with Crippen LogP contribution >= 0.6 is 0 Å². The Morgan fingerprint density at radius 1 is 1.29 bits per heavy atom. The number of nitrogens with zero attached hydrogens (tertiary/aromatic N) is 5. The van der Waals surface area contributed by atoms with Gasteiger partial charge in [0.25, 0.3) is 0 Å². The molecule has 24 heavy (non-hydrogen) atoms.